The predicted molar refractivity (Wildman–Crippen MR) is 90.0 cm³/mol. The number of nitrogens with zero attached hydrogens (tertiary/aromatic N) is 3. The van der Waals surface area contributed by atoms with E-state index in [1.165, 1.54) is 37.7 Å². The standard InChI is InChI=1S/C17H20N4O2S/c1-11-19-20-17(23-11)24-14-4-2-13(3-5-14)16(22)18-15-10-21-8-6-12(15)7-9-21/h2-5,12,15H,6-10H2,1H3,(H,18,22). The summed E-state index contributed by atoms with van der Waals surface area (Å²) in [5.41, 5.74) is 0.692. The fourth-order valence-electron chi connectivity index (χ4n) is 3.48. The van der Waals surface area contributed by atoms with E-state index in [4.69, 9.17) is 4.42 Å². The average molecular weight is 344 g/mol. The lowest BCUT2D eigenvalue weighted by Crippen LogP contribution is -2.57. The number of carbonyl (C=O) groups is 1. The van der Waals surface area contributed by atoms with Crippen LogP contribution < -0.4 is 5.32 Å². The number of amides is 1. The first-order chi connectivity index (χ1) is 11.7. The molecule has 3 aliphatic rings. The Balaban J connectivity index is 1.38. The maximum atomic E-state index is 12.5. The number of nitrogens with one attached hydrogen (secondary N) is 1. The number of aryl methyl sites for hydroxylation is 1. The molecule has 5 rings (SSSR count). The molecule has 1 atom stereocenters. The Bertz CT molecular complexity index is 722. The number of fused-ring (bicyclic) bond motifs is 3. The Morgan fingerprint density at radius 2 is 2.00 bits per heavy atom. The SMILES string of the molecule is Cc1nnc(Sc2ccc(C(=O)NC3CN4CCC3CC4)cc2)o1. The van der Waals surface area contributed by atoms with Crippen LogP contribution in [0.3, 0.4) is 0 Å². The van der Waals surface area contributed by atoms with Gasteiger partial charge in [-0.2, -0.15) is 0 Å². The van der Waals surface area contributed by atoms with Crippen LogP contribution in [0, 0.1) is 12.8 Å². The van der Waals surface area contributed by atoms with Crippen molar-refractivity contribution >= 4 is 17.7 Å². The van der Waals surface area contributed by atoms with E-state index < -0.39 is 0 Å². The molecule has 4 heterocycles. The van der Waals surface area contributed by atoms with E-state index in [2.05, 4.69) is 20.4 Å². The van der Waals surface area contributed by atoms with Gasteiger partial charge in [-0.3, -0.25) is 4.79 Å². The highest BCUT2D eigenvalue weighted by Crippen LogP contribution is 2.28. The molecule has 0 saturated carbocycles. The smallest absolute Gasteiger partial charge is 0.281 e. The molecule has 6 nitrogen and oxygen atoms in total. The Morgan fingerprint density at radius 3 is 2.58 bits per heavy atom. The highest BCUT2D eigenvalue weighted by molar-refractivity contribution is 7.99. The van der Waals surface area contributed by atoms with Crippen LogP contribution in [0.1, 0.15) is 29.1 Å². The molecule has 3 saturated heterocycles. The van der Waals surface area contributed by atoms with Crippen LogP contribution >= 0.6 is 11.8 Å². The molecular weight excluding hydrogens is 324 g/mol. The largest absolute Gasteiger partial charge is 0.416 e. The second kappa shape index (κ2) is 6.57. The van der Waals surface area contributed by atoms with Crippen molar-refractivity contribution in [2.24, 2.45) is 5.92 Å². The van der Waals surface area contributed by atoms with E-state index in [9.17, 15) is 4.79 Å². The van der Waals surface area contributed by atoms with Gasteiger partial charge in [-0.1, -0.05) is 0 Å². The van der Waals surface area contributed by atoms with Crippen molar-refractivity contribution in [1.82, 2.24) is 20.4 Å². The molecule has 0 radical (unpaired) electrons. The van der Waals surface area contributed by atoms with Crippen molar-refractivity contribution in [3.05, 3.63) is 35.7 Å². The van der Waals surface area contributed by atoms with Crippen LogP contribution in [0.4, 0.5) is 0 Å². The number of aromatic nitrogens is 2. The van der Waals surface area contributed by atoms with Gasteiger partial charge in [0.05, 0.1) is 0 Å². The van der Waals surface area contributed by atoms with E-state index in [0.29, 0.717) is 22.6 Å². The Morgan fingerprint density at radius 1 is 1.25 bits per heavy atom. The minimum atomic E-state index is 0.0129. The summed E-state index contributed by atoms with van der Waals surface area (Å²) in [6.45, 7) is 5.11. The van der Waals surface area contributed by atoms with Crippen LogP contribution in [0.2, 0.25) is 0 Å². The molecule has 2 aromatic rings. The molecule has 0 aliphatic carbocycles. The van der Waals surface area contributed by atoms with Crippen molar-refractivity contribution in [2.75, 3.05) is 19.6 Å². The minimum Gasteiger partial charge on any atom is -0.416 e. The third-order valence-corrected chi connectivity index (χ3v) is 5.65. The first kappa shape index (κ1) is 15.7. The highest BCUT2D eigenvalue weighted by atomic mass is 32.2. The van der Waals surface area contributed by atoms with Crippen LogP contribution in [0.25, 0.3) is 0 Å². The number of carbonyl (C=O) groups excluding carboxylic acids is 1. The number of hydrogen-bond donors (Lipinski definition) is 1. The van der Waals surface area contributed by atoms with Gasteiger partial charge in [-0.25, -0.2) is 0 Å². The van der Waals surface area contributed by atoms with Gasteiger partial charge < -0.3 is 14.6 Å². The molecule has 3 fully saturated rings. The molecule has 24 heavy (non-hydrogen) atoms. The van der Waals surface area contributed by atoms with E-state index in [0.717, 1.165) is 11.4 Å². The lowest BCUT2D eigenvalue weighted by molar-refractivity contribution is 0.0620. The summed E-state index contributed by atoms with van der Waals surface area (Å²) in [5, 5.41) is 11.5. The molecule has 7 heteroatoms. The lowest BCUT2D eigenvalue weighted by Gasteiger charge is -2.44. The summed E-state index contributed by atoms with van der Waals surface area (Å²) in [6, 6.07) is 7.81. The Kier molecular flexibility index (Phi) is 4.28. The summed E-state index contributed by atoms with van der Waals surface area (Å²) >= 11 is 1.40. The fraction of sp³-hybridized carbons (Fsp3) is 0.471. The normalized spacial score (nSPS) is 25.6. The number of piperidine rings is 3. The molecule has 1 amide bonds. The van der Waals surface area contributed by atoms with Crippen molar-refractivity contribution < 1.29 is 9.21 Å². The monoisotopic (exact) mass is 344 g/mol. The van der Waals surface area contributed by atoms with Crippen LogP contribution in [0.15, 0.2) is 38.8 Å². The molecule has 1 unspecified atom stereocenters. The third kappa shape index (κ3) is 3.32. The average Bonchev–Trinajstić information content (AvgIpc) is 3.01. The lowest BCUT2D eigenvalue weighted by atomic mass is 9.84. The summed E-state index contributed by atoms with van der Waals surface area (Å²) in [4.78, 5) is 15.9. The zero-order valence-corrected chi connectivity index (χ0v) is 14.4. The van der Waals surface area contributed by atoms with Gasteiger partial charge in [0, 0.05) is 30.0 Å². The molecule has 2 bridgehead atoms. The Labute approximate surface area is 145 Å². The second-order valence-corrected chi connectivity index (χ2v) is 7.46. The van der Waals surface area contributed by atoms with Crippen molar-refractivity contribution in [3.8, 4) is 0 Å². The van der Waals surface area contributed by atoms with E-state index >= 15 is 0 Å². The summed E-state index contributed by atoms with van der Waals surface area (Å²) < 4.78 is 5.35. The summed E-state index contributed by atoms with van der Waals surface area (Å²) in [7, 11) is 0. The van der Waals surface area contributed by atoms with Crippen molar-refractivity contribution in [3.63, 3.8) is 0 Å². The van der Waals surface area contributed by atoms with Crippen LogP contribution in [-0.2, 0) is 0 Å². The summed E-state index contributed by atoms with van der Waals surface area (Å²) in [6.07, 6.45) is 2.40. The van der Waals surface area contributed by atoms with Gasteiger partial charge in [-0.05, 0) is 67.9 Å². The fourth-order valence-corrected chi connectivity index (χ4v) is 4.19. The maximum Gasteiger partial charge on any atom is 0.281 e. The van der Waals surface area contributed by atoms with Gasteiger partial charge in [0.25, 0.3) is 11.1 Å². The molecule has 126 valence electrons. The van der Waals surface area contributed by atoms with Gasteiger partial charge in [0.2, 0.25) is 5.89 Å². The van der Waals surface area contributed by atoms with Gasteiger partial charge in [-0.15, -0.1) is 10.2 Å². The van der Waals surface area contributed by atoms with E-state index in [1.54, 1.807) is 6.92 Å². The number of rotatable bonds is 4. The van der Waals surface area contributed by atoms with E-state index in [1.807, 2.05) is 24.3 Å². The van der Waals surface area contributed by atoms with Crippen LogP contribution in [-0.4, -0.2) is 46.7 Å². The second-order valence-electron chi connectivity index (χ2n) is 6.43. The Hall–Kier alpha value is -1.86. The molecule has 1 N–H and O–H groups in total. The quantitative estimate of drug-likeness (QED) is 0.918. The topological polar surface area (TPSA) is 71.3 Å². The minimum absolute atomic E-state index is 0.0129. The number of hydrogen-bond acceptors (Lipinski definition) is 6. The van der Waals surface area contributed by atoms with Crippen molar-refractivity contribution in [2.45, 2.75) is 35.9 Å². The zero-order chi connectivity index (χ0) is 16.5. The molecular formula is C17H20N4O2S. The predicted octanol–water partition coefficient (Wildman–Crippen LogP) is 2.35. The molecule has 1 aromatic carbocycles. The molecule has 1 aromatic heterocycles. The first-order valence-electron chi connectivity index (χ1n) is 8.28. The zero-order valence-electron chi connectivity index (χ0n) is 13.6. The molecule has 3 aliphatic heterocycles. The van der Waals surface area contributed by atoms with Gasteiger partial charge in [0.15, 0.2) is 0 Å². The van der Waals surface area contributed by atoms with E-state index in [-0.39, 0.29) is 11.9 Å². The highest BCUT2D eigenvalue weighted by Gasteiger charge is 2.34. The van der Waals surface area contributed by atoms with Crippen molar-refractivity contribution in [1.29, 1.82) is 0 Å². The first-order valence-corrected chi connectivity index (χ1v) is 9.10. The van der Waals surface area contributed by atoms with Gasteiger partial charge >= 0.3 is 0 Å². The molecule has 0 spiro atoms. The third-order valence-electron chi connectivity index (χ3n) is 4.80. The van der Waals surface area contributed by atoms with Gasteiger partial charge in [0.1, 0.15) is 0 Å². The number of benzene rings is 1. The van der Waals surface area contributed by atoms with Crippen LogP contribution in [0.5, 0.6) is 0 Å². The summed E-state index contributed by atoms with van der Waals surface area (Å²) in [5.74, 6) is 1.19. The maximum absolute atomic E-state index is 12.5.